The van der Waals surface area contributed by atoms with Crippen LogP contribution in [0.1, 0.15) is 36.9 Å². The molecule has 2 aromatic carbocycles. The second kappa shape index (κ2) is 5.70. The van der Waals surface area contributed by atoms with E-state index in [0.717, 1.165) is 30.6 Å². The van der Waals surface area contributed by atoms with E-state index in [1.165, 1.54) is 5.56 Å². The van der Waals surface area contributed by atoms with Gasteiger partial charge in [0.1, 0.15) is 11.4 Å². The van der Waals surface area contributed by atoms with Crippen LogP contribution in [0.25, 0.3) is 0 Å². The number of halogens is 1. The molecule has 1 aliphatic rings. The summed E-state index contributed by atoms with van der Waals surface area (Å²) in [7, 11) is 0. The minimum absolute atomic E-state index is 0.0202. The molecule has 110 valence electrons. The van der Waals surface area contributed by atoms with Gasteiger partial charge in [0.25, 0.3) is 0 Å². The van der Waals surface area contributed by atoms with Crippen molar-refractivity contribution < 1.29 is 4.74 Å². The molecule has 0 spiro atoms. The third kappa shape index (κ3) is 3.22. The summed E-state index contributed by atoms with van der Waals surface area (Å²) in [5.74, 6) is 0.869. The lowest BCUT2D eigenvalue weighted by atomic mass is 9.85. The summed E-state index contributed by atoms with van der Waals surface area (Å²) in [5, 5.41) is 0.709. The van der Waals surface area contributed by atoms with Gasteiger partial charge < -0.3 is 10.5 Å². The van der Waals surface area contributed by atoms with Crippen molar-refractivity contribution >= 4 is 11.6 Å². The van der Waals surface area contributed by atoms with E-state index in [-0.39, 0.29) is 11.6 Å². The third-order valence-corrected chi connectivity index (χ3v) is 4.40. The predicted octanol–water partition coefficient (Wildman–Crippen LogP) is 4.51. The molecule has 3 rings (SSSR count). The van der Waals surface area contributed by atoms with Crippen molar-refractivity contribution in [2.75, 3.05) is 0 Å². The SMILES string of the molecule is CC1(CCc2ccccc2)CC(N)c2cc(Cl)ccc2O1. The highest BCUT2D eigenvalue weighted by molar-refractivity contribution is 6.30. The standard InChI is InChI=1S/C18H20ClNO/c1-18(10-9-13-5-3-2-4-6-13)12-16(20)15-11-14(19)7-8-17(15)21-18/h2-8,11,16H,9-10,12,20H2,1H3. The first-order valence-corrected chi connectivity index (χ1v) is 7.71. The van der Waals surface area contributed by atoms with Crippen molar-refractivity contribution in [3.05, 3.63) is 64.7 Å². The van der Waals surface area contributed by atoms with Gasteiger partial charge in [-0.25, -0.2) is 0 Å². The summed E-state index contributed by atoms with van der Waals surface area (Å²) in [6, 6.07) is 16.2. The van der Waals surface area contributed by atoms with E-state index >= 15 is 0 Å². The molecule has 0 aromatic heterocycles. The van der Waals surface area contributed by atoms with Crippen LogP contribution in [0.3, 0.4) is 0 Å². The van der Waals surface area contributed by atoms with Crippen LogP contribution in [-0.4, -0.2) is 5.60 Å². The molecule has 0 amide bonds. The highest BCUT2D eigenvalue weighted by atomic mass is 35.5. The van der Waals surface area contributed by atoms with Crippen LogP contribution >= 0.6 is 11.6 Å². The van der Waals surface area contributed by atoms with Gasteiger partial charge in [0, 0.05) is 23.0 Å². The van der Waals surface area contributed by atoms with Crippen LogP contribution in [0.4, 0.5) is 0 Å². The zero-order valence-electron chi connectivity index (χ0n) is 12.2. The Morgan fingerprint density at radius 2 is 2.00 bits per heavy atom. The molecule has 0 fully saturated rings. The summed E-state index contributed by atoms with van der Waals surface area (Å²) in [6.45, 7) is 2.15. The molecule has 2 aromatic rings. The zero-order valence-corrected chi connectivity index (χ0v) is 12.9. The Morgan fingerprint density at radius 1 is 1.24 bits per heavy atom. The second-order valence-electron chi connectivity index (χ2n) is 6.03. The van der Waals surface area contributed by atoms with E-state index in [1.807, 2.05) is 24.3 Å². The molecule has 3 heteroatoms. The first-order chi connectivity index (χ1) is 10.1. The van der Waals surface area contributed by atoms with E-state index < -0.39 is 0 Å². The van der Waals surface area contributed by atoms with E-state index in [1.54, 1.807) is 0 Å². The molecule has 0 bridgehead atoms. The summed E-state index contributed by atoms with van der Waals surface area (Å²) >= 11 is 6.04. The van der Waals surface area contributed by atoms with Crippen molar-refractivity contribution in [3.8, 4) is 5.75 Å². The lowest BCUT2D eigenvalue weighted by molar-refractivity contribution is 0.0458. The van der Waals surface area contributed by atoms with Crippen molar-refractivity contribution in [1.29, 1.82) is 0 Å². The highest BCUT2D eigenvalue weighted by Crippen LogP contribution is 2.41. The van der Waals surface area contributed by atoms with Gasteiger partial charge in [-0.2, -0.15) is 0 Å². The summed E-state index contributed by atoms with van der Waals surface area (Å²) in [4.78, 5) is 0. The molecule has 2 nitrogen and oxygen atoms in total. The molecule has 0 radical (unpaired) electrons. The van der Waals surface area contributed by atoms with Gasteiger partial charge in [-0.1, -0.05) is 41.9 Å². The van der Waals surface area contributed by atoms with Crippen LogP contribution in [0, 0.1) is 0 Å². The molecule has 0 saturated carbocycles. The van der Waals surface area contributed by atoms with Crippen molar-refractivity contribution in [2.45, 2.75) is 37.8 Å². The number of benzene rings is 2. The van der Waals surface area contributed by atoms with Gasteiger partial charge in [0.2, 0.25) is 0 Å². The number of ether oxygens (including phenoxy) is 1. The largest absolute Gasteiger partial charge is 0.487 e. The maximum atomic E-state index is 6.32. The minimum atomic E-state index is -0.226. The van der Waals surface area contributed by atoms with Crippen LogP contribution in [0.15, 0.2) is 48.5 Å². The molecule has 21 heavy (non-hydrogen) atoms. The highest BCUT2D eigenvalue weighted by Gasteiger charge is 2.35. The van der Waals surface area contributed by atoms with Crippen molar-refractivity contribution in [2.24, 2.45) is 5.73 Å². The Balaban J connectivity index is 1.76. The monoisotopic (exact) mass is 301 g/mol. The Hall–Kier alpha value is -1.51. The maximum absolute atomic E-state index is 6.32. The number of hydrogen-bond acceptors (Lipinski definition) is 2. The first-order valence-electron chi connectivity index (χ1n) is 7.34. The van der Waals surface area contributed by atoms with Crippen LogP contribution in [0.5, 0.6) is 5.75 Å². The van der Waals surface area contributed by atoms with E-state index in [0.29, 0.717) is 5.02 Å². The summed E-state index contributed by atoms with van der Waals surface area (Å²) in [6.07, 6.45) is 2.76. The van der Waals surface area contributed by atoms with Crippen LogP contribution in [0.2, 0.25) is 5.02 Å². The predicted molar refractivity (Wildman–Crippen MR) is 86.8 cm³/mol. The number of nitrogens with two attached hydrogens (primary N) is 1. The van der Waals surface area contributed by atoms with E-state index in [2.05, 4.69) is 31.2 Å². The molecule has 1 aliphatic heterocycles. The molecule has 2 atom stereocenters. The third-order valence-electron chi connectivity index (χ3n) is 4.16. The van der Waals surface area contributed by atoms with Gasteiger partial charge in [-0.3, -0.25) is 0 Å². The fourth-order valence-electron chi connectivity index (χ4n) is 2.99. The Kier molecular flexibility index (Phi) is 3.92. The maximum Gasteiger partial charge on any atom is 0.125 e. The van der Waals surface area contributed by atoms with Gasteiger partial charge in [0.15, 0.2) is 0 Å². The molecule has 1 heterocycles. The second-order valence-corrected chi connectivity index (χ2v) is 6.47. The topological polar surface area (TPSA) is 35.2 Å². The first kappa shape index (κ1) is 14.4. The summed E-state index contributed by atoms with van der Waals surface area (Å²) < 4.78 is 6.23. The van der Waals surface area contributed by atoms with Crippen LogP contribution in [-0.2, 0) is 6.42 Å². The molecule has 0 aliphatic carbocycles. The molecule has 2 unspecified atom stereocenters. The average molecular weight is 302 g/mol. The van der Waals surface area contributed by atoms with Gasteiger partial charge >= 0.3 is 0 Å². The molecule has 2 N–H and O–H groups in total. The smallest absolute Gasteiger partial charge is 0.125 e. The van der Waals surface area contributed by atoms with Gasteiger partial charge in [-0.15, -0.1) is 0 Å². The minimum Gasteiger partial charge on any atom is -0.487 e. The molecular formula is C18H20ClNO. The quantitative estimate of drug-likeness (QED) is 0.905. The van der Waals surface area contributed by atoms with Crippen molar-refractivity contribution in [3.63, 3.8) is 0 Å². The number of aryl methyl sites for hydroxylation is 1. The fourth-order valence-corrected chi connectivity index (χ4v) is 3.17. The Morgan fingerprint density at radius 3 is 2.76 bits per heavy atom. The number of fused-ring (bicyclic) bond motifs is 1. The normalized spacial score (nSPS) is 24.2. The van der Waals surface area contributed by atoms with E-state index in [9.17, 15) is 0 Å². The van der Waals surface area contributed by atoms with Crippen LogP contribution < -0.4 is 10.5 Å². The molecule has 0 saturated heterocycles. The average Bonchev–Trinajstić information content (AvgIpc) is 2.47. The molecular weight excluding hydrogens is 282 g/mol. The lowest BCUT2D eigenvalue weighted by Crippen LogP contribution is -2.40. The van der Waals surface area contributed by atoms with Crippen molar-refractivity contribution in [1.82, 2.24) is 0 Å². The number of rotatable bonds is 3. The number of hydrogen-bond donors (Lipinski definition) is 1. The van der Waals surface area contributed by atoms with Gasteiger partial charge in [0.05, 0.1) is 0 Å². The Bertz CT molecular complexity index is 628. The lowest BCUT2D eigenvalue weighted by Gasteiger charge is -2.39. The summed E-state index contributed by atoms with van der Waals surface area (Å²) in [5.41, 5.74) is 8.44. The zero-order chi connectivity index (χ0) is 14.9. The Labute approximate surface area is 130 Å². The van der Waals surface area contributed by atoms with Gasteiger partial charge in [-0.05, 0) is 43.5 Å². The fraction of sp³-hybridized carbons (Fsp3) is 0.333. The van der Waals surface area contributed by atoms with E-state index in [4.69, 9.17) is 22.1 Å².